The van der Waals surface area contributed by atoms with E-state index in [4.69, 9.17) is 4.52 Å². The first-order chi connectivity index (χ1) is 10.0. The average Bonchev–Trinajstić information content (AvgIpc) is 2.97. The molecule has 0 unspecified atom stereocenters. The molecule has 2 heterocycles. The Morgan fingerprint density at radius 3 is 2.48 bits per heavy atom. The molecular weight excluding hydrogens is 281 g/mol. The molecule has 106 valence electrons. The van der Waals surface area contributed by atoms with Gasteiger partial charge in [0, 0.05) is 29.6 Å². The van der Waals surface area contributed by atoms with Gasteiger partial charge < -0.3 is 4.52 Å². The maximum absolute atomic E-state index is 12.7. The Morgan fingerprint density at radius 1 is 0.952 bits per heavy atom. The third kappa shape index (κ3) is 2.79. The van der Waals surface area contributed by atoms with Crippen molar-refractivity contribution in [3.05, 3.63) is 60.4 Å². The second-order valence-corrected chi connectivity index (χ2v) is 4.40. The number of aromatic nitrogens is 2. The zero-order valence-corrected chi connectivity index (χ0v) is 10.6. The Labute approximate surface area is 118 Å². The van der Waals surface area contributed by atoms with Gasteiger partial charge in [0.05, 0.1) is 5.56 Å². The number of halogens is 3. The van der Waals surface area contributed by atoms with Gasteiger partial charge in [0.15, 0.2) is 5.76 Å². The monoisotopic (exact) mass is 290 g/mol. The van der Waals surface area contributed by atoms with Crippen molar-refractivity contribution in [3.8, 4) is 22.6 Å². The van der Waals surface area contributed by atoms with E-state index in [9.17, 15) is 13.2 Å². The Bertz CT molecular complexity index is 751. The molecule has 21 heavy (non-hydrogen) atoms. The first kappa shape index (κ1) is 13.4. The van der Waals surface area contributed by atoms with E-state index in [2.05, 4.69) is 10.1 Å². The molecule has 0 spiro atoms. The lowest BCUT2D eigenvalue weighted by Crippen LogP contribution is -2.04. The van der Waals surface area contributed by atoms with Gasteiger partial charge in [-0.2, -0.15) is 13.2 Å². The van der Waals surface area contributed by atoms with Crippen LogP contribution in [0.1, 0.15) is 5.56 Å². The van der Waals surface area contributed by atoms with Crippen molar-refractivity contribution in [1.29, 1.82) is 0 Å². The summed E-state index contributed by atoms with van der Waals surface area (Å²) in [5.41, 5.74) is 0.863. The molecule has 0 aliphatic carbocycles. The smallest absolute Gasteiger partial charge is 0.356 e. The molecule has 6 heteroatoms. The molecule has 2 aromatic heterocycles. The molecule has 3 aromatic rings. The van der Waals surface area contributed by atoms with Gasteiger partial charge in [-0.05, 0) is 24.3 Å². The summed E-state index contributed by atoms with van der Waals surface area (Å²) in [6, 6.07) is 10.1. The number of hydrogen-bond acceptors (Lipinski definition) is 3. The van der Waals surface area contributed by atoms with E-state index in [1.54, 1.807) is 36.7 Å². The summed E-state index contributed by atoms with van der Waals surface area (Å²) in [5.74, 6) is 0.278. The molecule has 1 aromatic carbocycles. The predicted octanol–water partition coefficient (Wildman–Crippen LogP) is 4.42. The van der Waals surface area contributed by atoms with Crippen LogP contribution in [0.2, 0.25) is 0 Å². The molecule has 0 aliphatic rings. The number of hydrogen-bond donors (Lipinski definition) is 0. The molecule has 0 saturated heterocycles. The maximum atomic E-state index is 12.7. The van der Waals surface area contributed by atoms with Crippen LogP contribution < -0.4 is 0 Å². The number of pyridine rings is 1. The van der Waals surface area contributed by atoms with Gasteiger partial charge in [-0.25, -0.2) is 0 Å². The largest absolute Gasteiger partial charge is 0.416 e. The van der Waals surface area contributed by atoms with Crippen molar-refractivity contribution in [2.24, 2.45) is 0 Å². The Balaban J connectivity index is 1.97. The highest BCUT2D eigenvalue weighted by Crippen LogP contribution is 2.33. The van der Waals surface area contributed by atoms with Crippen molar-refractivity contribution < 1.29 is 17.7 Å². The Morgan fingerprint density at radius 2 is 1.76 bits per heavy atom. The quantitative estimate of drug-likeness (QED) is 0.701. The molecule has 0 bridgehead atoms. The first-order valence-electron chi connectivity index (χ1n) is 6.09. The Hall–Kier alpha value is -2.63. The van der Waals surface area contributed by atoms with Crippen molar-refractivity contribution in [3.63, 3.8) is 0 Å². The molecule has 0 radical (unpaired) electrons. The molecule has 0 atom stereocenters. The second kappa shape index (κ2) is 5.05. The summed E-state index contributed by atoms with van der Waals surface area (Å²) in [6.07, 6.45) is -1.16. The predicted molar refractivity (Wildman–Crippen MR) is 70.2 cm³/mol. The highest BCUT2D eigenvalue weighted by Gasteiger charge is 2.30. The van der Waals surface area contributed by atoms with Crippen LogP contribution in [0.25, 0.3) is 22.6 Å². The third-order valence-electron chi connectivity index (χ3n) is 2.94. The van der Waals surface area contributed by atoms with E-state index in [0.717, 1.165) is 17.7 Å². The zero-order chi connectivity index (χ0) is 14.9. The van der Waals surface area contributed by atoms with Crippen LogP contribution in [0, 0.1) is 0 Å². The summed E-state index contributed by atoms with van der Waals surface area (Å²) in [5, 5.41) is 3.86. The fourth-order valence-electron chi connectivity index (χ4n) is 1.91. The number of rotatable bonds is 2. The van der Waals surface area contributed by atoms with E-state index in [0.29, 0.717) is 11.3 Å². The van der Waals surface area contributed by atoms with Crippen LogP contribution in [0.15, 0.2) is 59.4 Å². The van der Waals surface area contributed by atoms with Gasteiger partial charge >= 0.3 is 6.18 Å². The van der Waals surface area contributed by atoms with E-state index < -0.39 is 11.7 Å². The van der Waals surface area contributed by atoms with E-state index in [-0.39, 0.29) is 5.76 Å². The van der Waals surface area contributed by atoms with Crippen LogP contribution in [-0.2, 0) is 6.18 Å². The molecule has 3 nitrogen and oxygen atoms in total. The van der Waals surface area contributed by atoms with Gasteiger partial charge in [-0.3, -0.25) is 4.98 Å². The summed E-state index contributed by atoms with van der Waals surface area (Å²) in [6.45, 7) is 0. The van der Waals surface area contributed by atoms with E-state index in [1.807, 2.05) is 0 Å². The second-order valence-electron chi connectivity index (χ2n) is 4.40. The van der Waals surface area contributed by atoms with Crippen LogP contribution >= 0.6 is 0 Å². The van der Waals surface area contributed by atoms with Crippen molar-refractivity contribution in [1.82, 2.24) is 10.1 Å². The number of alkyl halides is 3. The fraction of sp³-hybridized carbons (Fsp3) is 0.0667. The average molecular weight is 290 g/mol. The molecular formula is C15H9F3N2O. The summed E-state index contributed by atoms with van der Waals surface area (Å²) >= 11 is 0. The molecule has 0 N–H and O–H groups in total. The molecule has 0 saturated carbocycles. The minimum Gasteiger partial charge on any atom is -0.356 e. The Kier molecular flexibility index (Phi) is 3.21. The van der Waals surface area contributed by atoms with Gasteiger partial charge in [0.1, 0.15) is 5.69 Å². The lowest BCUT2D eigenvalue weighted by atomic mass is 10.1. The molecule has 0 fully saturated rings. The summed E-state index contributed by atoms with van der Waals surface area (Å²) < 4.78 is 43.2. The topological polar surface area (TPSA) is 38.9 Å². The summed E-state index contributed by atoms with van der Waals surface area (Å²) in [4.78, 5) is 3.96. The maximum Gasteiger partial charge on any atom is 0.416 e. The van der Waals surface area contributed by atoms with Crippen LogP contribution in [0.4, 0.5) is 13.2 Å². The van der Waals surface area contributed by atoms with E-state index >= 15 is 0 Å². The van der Waals surface area contributed by atoms with Crippen molar-refractivity contribution >= 4 is 0 Å². The van der Waals surface area contributed by atoms with Crippen molar-refractivity contribution in [2.75, 3.05) is 0 Å². The zero-order valence-electron chi connectivity index (χ0n) is 10.6. The minimum absolute atomic E-state index is 0.278. The first-order valence-corrected chi connectivity index (χ1v) is 6.09. The van der Waals surface area contributed by atoms with Crippen LogP contribution in [-0.4, -0.2) is 10.1 Å². The number of nitrogens with zero attached hydrogens (tertiary/aromatic N) is 2. The standard InChI is InChI=1S/C15H9F3N2O/c16-15(17,18)12-5-1-3-10(7-12)14-8-13(20-21-14)11-4-2-6-19-9-11/h1-9H. The fourth-order valence-corrected chi connectivity index (χ4v) is 1.91. The highest BCUT2D eigenvalue weighted by molar-refractivity contribution is 5.66. The highest BCUT2D eigenvalue weighted by atomic mass is 19.4. The SMILES string of the molecule is FC(F)(F)c1cccc(-c2cc(-c3cccnc3)no2)c1. The molecule has 0 amide bonds. The van der Waals surface area contributed by atoms with E-state index in [1.165, 1.54) is 6.07 Å². The summed E-state index contributed by atoms with van der Waals surface area (Å²) in [7, 11) is 0. The molecule has 3 rings (SSSR count). The van der Waals surface area contributed by atoms with Gasteiger partial charge in [0.2, 0.25) is 0 Å². The van der Waals surface area contributed by atoms with Gasteiger partial charge in [-0.1, -0.05) is 17.3 Å². The normalized spacial score (nSPS) is 11.6. The third-order valence-corrected chi connectivity index (χ3v) is 2.94. The minimum atomic E-state index is -4.39. The van der Waals surface area contributed by atoms with Crippen molar-refractivity contribution in [2.45, 2.75) is 6.18 Å². The van der Waals surface area contributed by atoms with Gasteiger partial charge in [0.25, 0.3) is 0 Å². The molecule has 0 aliphatic heterocycles. The number of benzene rings is 1. The van der Waals surface area contributed by atoms with Crippen LogP contribution in [0.5, 0.6) is 0 Å². The van der Waals surface area contributed by atoms with Gasteiger partial charge in [-0.15, -0.1) is 0 Å². The lowest BCUT2D eigenvalue weighted by Gasteiger charge is -2.06. The van der Waals surface area contributed by atoms with Crippen LogP contribution in [0.3, 0.4) is 0 Å². The lowest BCUT2D eigenvalue weighted by molar-refractivity contribution is -0.137.